The molecule has 0 aliphatic carbocycles. The first kappa shape index (κ1) is 6.71. The Bertz CT molecular complexity index is 129. The third-order valence-corrected chi connectivity index (χ3v) is 1.72. The number of amides is 1. The summed E-state index contributed by atoms with van der Waals surface area (Å²) >= 11 is 0. The lowest BCUT2D eigenvalue weighted by Crippen LogP contribution is -2.59. The van der Waals surface area contributed by atoms with Crippen LogP contribution in [-0.4, -0.2) is 30.8 Å². The highest BCUT2D eigenvalue weighted by molar-refractivity contribution is 5.68. The molecule has 1 heterocycles. The van der Waals surface area contributed by atoms with E-state index >= 15 is 0 Å². The zero-order chi connectivity index (χ0) is 6.91. The number of nitrogens with zero attached hydrogens (tertiary/aromatic N) is 1. The van der Waals surface area contributed by atoms with Crippen molar-refractivity contribution in [3.05, 3.63) is 0 Å². The molecular formula is C6H12NO2+. The second-order valence-electron chi connectivity index (χ2n) is 2.41. The van der Waals surface area contributed by atoms with E-state index in [1.807, 2.05) is 6.92 Å². The summed E-state index contributed by atoms with van der Waals surface area (Å²) in [7, 11) is 1.80. The zero-order valence-electron chi connectivity index (χ0n) is 5.89. The van der Waals surface area contributed by atoms with Gasteiger partial charge in [0.2, 0.25) is 0 Å². The van der Waals surface area contributed by atoms with Crippen LogP contribution in [0, 0.1) is 0 Å². The van der Waals surface area contributed by atoms with E-state index in [-0.39, 0.29) is 10.6 Å². The SMILES string of the molecule is CCC(=O)[N+]1(C)CCO1. The molecule has 0 aromatic heterocycles. The van der Waals surface area contributed by atoms with Crippen molar-refractivity contribution < 1.29 is 14.3 Å². The normalized spacial score (nSPS) is 33.6. The summed E-state index contributed by atoms with van der Waals surface area (Å²) in [5.74, 6) is 0.168. The Morgan fingerprint density at radius 2 is 2.33 bits per heavy atom. The highest BCUT2D eigenvalue weighted by atomic mass is 16.8. The molecule has 3 nitrogen and oxygen atoms in total. The van der Waals surface area contributed by atoms with Gasteiger partial charge in [-0.05, 0) is 0 Å². The first-order valence-corrected chi connectivity index (χ1v) is 3.22. The van der Waals surface area contributed by atoms with Crippen LogP contribution >= 0.6 is 0 Å². The highest BCUT2D eigenvalue weighted by Crippen LogP contribution is 2.15. The Labute approximate surface area is 54.8 Å². The van der Waals surface area contributed by atoms with Crippen LogP contribution in [0.1, 0.15) is 13.3 Å². The van der Waals surface area contributed by atoms with Gasteiger partial charge in [0.25, 0.3) is 0 Å². The lowest BCUT2D eigenvalue weighted by atomic mass is 10.4. The summed E-state index contributed by atoms with van der Waals surface area (Å²) in [4.78, 5) is 16.0. The van der Waals surface area contributed by atoms with Gasteiger partial charge < -0.3 is 0 Å². The van der Waals surface area contributed by atoms with Crippen LogP contribution in [0.25, 0.3) is 0 Å². The van der Waals surface area contributed by atoms with Crippen molar-refractivity contribution in [1.82, 2.24) is 0 Å². The minimum Gasteiger partial charge on any atom is -0.228 e. The summed E-state index contributed by atoms with van der Waals surface area (Å²) in [6.07, 6.45) is 0.566. The molecular weight excluding hydrogens is 118 g/mol. The Kier molecular flexibility index (Phi) is 1.55. The fourth-order valence-corrected chi connectivity index (χ4v) is 0.896. The van der Waals surface area contributed by atoms with Crippen LogP contribution in [0.15, 0.2) is 0 Å². The Hall–Kier alpha value is -0.410. The maximum atomic E-state index is 11.0. The molecule has 1 aliphatic rings. The van der Waals surface area contributed by atoms with Gasteiger partial charge in [0, 0.05) is 0 Å². The molecule has 0 radical (unpaired) electrons. The average Bonchev–Trinajstić information content (AvgIpc) is 1.81. The largest absolute Gasteiger partial charge is 0.345 e. The van der Waals surface area contributed by atoms with Gasteiger partial charge in [-0.25, -0.2) is 4.79 Å². The van der Waals surface area contributed by atoms with Crippen LogP contribution in [0.2, 0.25) is 0 Å². The molecule has 0 aromatic carbocycles. The Morgan fingerprint density at radius 1 is 1.78 bits per heavy atom. The Balaban J connectivity index is 2.49. The Morgan fingerprint density at radius 3 is 2.44 bits per heavy atom. The first-order chi connectivity index (χ1) is 4.19. The van der Waals surface area contributed by atoms with Gasteiger partial charge in [0.05, 0.1) is 6.42 Å². The molecule has 52 valence electrons. The molecule has 1 fully saturated rings. The highest BCUT2D eigenvalue weighted by Gasteiger charge is 2.40. The smallest absolute Gasteiger partial charge is 0.228 e. The summed E-state index contributed by atoms with van der Waals surface area (Å²) in [6, 6.07) is 0. The maximum Gasteiger partial charge on any atom is 0.345 e. The van der Waals surface area contributed by atoms with Crippen LogP contribution in [0.3, 0.4) is 0 Å². The molecule has 9 heavy (non-hydrogen) atoms. The standard InChI is InChI=1S/C6H12NO2/c1-3-6(8)7(2)4-5-9-7/h3-5H2,1-2H3/q+1. The maximum absolute atomic E-state index is 11.0. The number of carbonyl (C=O) groups is 1. The third kappa shape index (κ3) is 0.976. The van der Waals surface area contributed by atoms with Crippen LogP contribution in [0.5, 0.6) is 0 Å². The van der Waals surface area contributed by atoms with E-state index in [1.54, 1.807) is 7.05 Å². The van der Waals surface area contributed by atoms with Crippen molar-refractivity contribution in [2.75, 3.05) is 20.2 Å². The lowest BCUT2D eigenvalue weighted by Gasteiger charge is -2.35. The molecule has 1 amide bonds. The summed E-state index contributed by atoms with van der Waals surface area (Å²) in [5, 5.41) is 0. The second-order valence-corrected chi connectivity index (χ2v) is 2.41. The van der Waals surface area contributed by atoms with Crippen molar-refractivity contribution in [3.8, 4) is 0 Å². The fourth-order valence-electron chi connectivity index (χ4n) is 0.896. The second kappa shape index (κ2) is 2.08. The molecule has 0 bridgehead atoms. The van der Waals surface area contributed by atoms with Crippen molar-refractivity contribution in [2.45, 2.75) is 13.3 Å². The summed E-state index contributed by atoms with van der Waals surface area (Å²) in [6.45, 7) is 3.42. The first-order valence-electron chi connectivity index (χ1n) is 3.22. The van der Waals surface area contributed by atoms with E-state index in [2.05, 4.69) is 0 Å². The predicted molar refractivity (Wildman–Crippen MR) is 32.3 cm³/mol. The van der Waals surface area contributed by atoms with Crippen molar-refractivity contribution in [3.63, 3.8) is 0 Å². The lowest BCUT2D eigenvalue weighted by molar-refractivity contribution is -1.08. The molecule has 0 spiro atoms. The number of carbonyl (C=O) groups excluding carboxylic acids is 1. The van der Waals surface area contributed by atoms with E-state index in [0.29, 0.717) is 6.42 Å². The monoisotopic (exact) mass is 130 g/mol. The molecule has 0 saturated carbocycles. The van der Waals surface area contributed by atoms with Gasteiger partial charge in [-0.3, -0.25) is 0 Å². The van der Waals surface area contributed by atoms with Gasteiger partial charge in [-0.2, -0.15) is 4.84 Å². The van der Waals surface area contributed by atoms with Gasteiger partial charge >= 0.3 is 5.91 Å². The van der Waals surface area contributed by atoms with Gasteiger partial charge in [-0.1, -0.05) is 6.92 Å². The summed E-state index contributed by atoms with van der Waals surface area (Å²) < 4.78 is 0.191. The van der Waals surface area contributed by atoms with Crippen molar-refractivity contribution >= 4 is 5.91 Å². The minimum atomic E-state index is 0.168. The number of hydrogen-bond donors (Lipinski definition) is 0. The molecule has 0 N–H and O–H groups in total. The van der Waals surface area contributed by atoms with Crippen molar-refractivity contribution in [2.24, 2.45) is 0 Å². The van der Waals surface area contributed by atoms with Gasteiger partial charge in [0.1, 0.15) is 13.6 Å². The number of hydroxylamine groups is 3. The number of hydrogen-bond acceptors (Lipinski definition) is 2. The average molecular weight is 130 g/mol. The molecule has 1 aliphatic heterocycles. The van der Waals surface area contributed by atoms with Crippen LogP contribution in [0.4, 0.5) is 0 Å². The third-order valence-electron chi connectivity index (χ3n) is 1.72. The minimum absolute atomic E-state index is 0.168. The number of likely N-dealkylation sites (N-methyl/N-ethyl adjacent to an activating group) is 1. The topological polar surface area (TPSA) is 26.3 Å². The molecule has 1 atom stereocenters. The van der Waals surface area contributed by atoms with E-state index < -0.39 is 0 Å². The van der Waals surface area contributed by atoms with Crippen molar-refractivity contribution in [1.29, 1.82) is 0 Å². The van der Waals surface area contributed by atoms with E-state index in [9.17, 15) is 4.79 Å². The van der Waals surface area contributed by atoms with E-state index in [4.69, 9.17) is 4.84 Å². The predicted octanol–water partition coefficient (Wildman–Crippen LogP) is 0.315. The number of rotatable bonds is 1. The van der Waals surface area contributed by atoms with Crippen LogP contribution in [-0.2, 0) is 9.63 Å². The van der Waals surface area contributed by atoms with Gasteiger partial charge in [-0.15, -0.1) is 4.65 Å². The number of quaternary nitrogens is 1. The van der Waals surface area contributed by atoms with E-state index in [1.165, 1.54) is 0 Å². The van der Waals surface area contributed by atoms with Crippen LogP contribution < -0.4 is 0 Å². The van der Waals surface area contributed by atoms with Gasteiger partial charge in [0.15, 0.2) is 6.61 Å². The molecule has 0 aromatic rings. The molecule has 1 unspecified atom stereocenters. The fraction of sp³-hybridized carbons (Fsp3) is 0.833. The summed E-state index contributed by atoms with van der Waals surface area (Å²) in [5.41, 5.74) is 0. The molecule has 3 heteroatoms. The quantitative estimate of drug-likeness (QED) is 0.478. The molecule has 1 saturated heterocycles. The zero-order valence-corrected chi connectivity index (χ0v) is 5.89. The molecule has 1 rings (SSSR count). The van der Waals surface area contributed by atoms with E-state index in [0.717, 1.165) is 13.2 Å².